The van der Waals surface area contributed by atoms with E-state index in [2.05, 4.69) is 10.1 Å². The Kier molecular flexibility index (Phi) is 4.68. The number of nitrogens with one attached hydrogen (secondary N) is 1. The summed E-state index contributed by atoms with van der Waals surface area (Å²) in [5, 5.41) is 12.1. The molecule has 116 valence electrons. The van der Waals surface area contributed by atoms with Crippen LogP contribution < -0.4 is 10.1 Å². The van der Waals surface area contributed by atoms with Gasteiger partial charge >= 0.3 is 6.36 Å². The monoisotopic (exact) mass is 312 g/mol. The van der Waals surface area contributed by atoms with Crippen molar-refractivity contribution in [1.82, 2.24) is 5.32 Å². The molecule has 1 saturated heterocycles. The van der Waals surface area contributed by atoms with Crippen LogP contribution in [0.15, 0.2) is 35.6 Å². The van der Waals surface area contributed by atoms with Crippen molar-refractivity contribution in [2.45, 2.75) is 6.36 Å². The van der Waals surface area contributed by atoms with Crippen LogP contribution in [-0.2, 0) is 4.74 Å². The zero-order valence-electron chi connectivity index (χ0n) is 11.2. The fourth-order valence-corrected chi connectivity index (χ4v) is 1.85. The molecule has 0 bridgehead atoms. The van der Waals surface area contributed by atoms with Crippen molar-refractivity contribution in [3.8, 4) is 11.8 Å². The molecule has 1 fully saturated rings. The normalized spacial score (nSPS) is 17.2. The van der Waals surface area contributed by atoms with E-state index in [0.29, 0.717) is 13.2 Å². The van der Waals surface area contributed by atoms with Gasteiger partial charge in [0.2, 0.25) is 5.78 Å². The van der Waals surface area contributed by atoms with Gasteiger partial charge in [-0.3, -0.25) is 4.79 Å². The van der Waals surface area contributed by atoms with Gasteiger partial charge in [0.15, 0.2) is 0 Å². The number of nitrogens with zero attached hydrogens (tertiary/aromatic N) is 1. The second kappa shape index (κ2) is 6.49. The zero-order valence-corrected chi connectivity index (χ0v) is 11.2. The fraction of sp³-hybridized carbons (Fsp3) is 0.286. The van der Waals surface area contributed by atoms with Gasteiger partial charge in [-0.2, -0.15) is 5.26 Å². The highest BCUT2D eigenvalue weighted by molar-refractivity contribution is 6.11. The van der Waals surface area contributed by atoms with E-state index >= 15 is 0 Å². The fourth-order valence-electron chi connectivity index (χ4n) is 1.85. The highest BCUT2D eigenvalue weighted by Gasteiger charge is 2.31. The minimum absolute atomic E-state index is 0.0766. The Morgan fingerprint density at radius 2 is 2.00 bits per heavy atom. The number of benzene rings is 1. The zero-order chi connectivity index (χ0) is 16.2. The van der Waals surface area contributed by atoms with Crippen LogP contribution in [0.5, 0.6) is 5.75 Å². The van der Waals surface area contributed by atoms with Crippen molar-refractivity contribution in [3.05, 3.63) is 41.2 Å². The first kappa shape index (κ1) is 15.9. The van der Waals surface area contributed by atoms with Gasteiger partial charge in [-0.15, -0.1) is 13.2 Å². The van der Waals surface area contributed by atoms with Crippen LogP contribution in [0.4, 0.5) is 13.2 Å². The molecule has 0 amide bonds. The van der Waals surface area contributed by atoms with Crippen LogP contribution in [0, 0.1) is 11.3 Å². The number of rotatable bonds is 3. The van der Waals surface area contributed by atoms with Gasteiger partial charge in [0.25, 0.3) is 0 Å². The number of halogens is 3. The lowest BCUT2D eigenvalue weighted by molar-refractivity contribution is -0.274. The molecule has 8 heteroatoms. The van der Waals surface area contributed by atoms with Crippen molar-refractivity contribution in [1.29, 1.82) is 5.26 Å². The first-order valence-electron chi connectivity index (χ1n) is 6.28. The predicted octanol–water partition coefficient (Wildman–Crippen LogP) is 2.17. The van der Waals surface area contributed by atoms with E-state index in [9.17, 15) is 18.0 Å². The third kappa shape index (κ3) is 3.99. The quantitative estimate of drug-likeness (QED) is 0.526. The molecule has 0 saturated carbocycles. The number of allylic oxidation sites excluding steroid dienone is 1. The molecule has 1 aliphatic rings. The van der Waals surface area contributed by atoms with Gasteiger partial charge in [-0.25, -0.2) is 0 Å². The summed E-state index contributed by atoms with van der Waals surface area (Å²) in [6.45, 7) is 1.20. The second-order valence-corrected chi connectivity index (χ2v) is 4.34. The summed E-state index contributed by atoms with van der Waals surface area (Å²) in [7, 11) is 0. The summed E-state index contributed by atoms with van der Waals surface area (Å²) in [6, 6.07) is 6.13. The maximum atomic E-state index is 12.2. The van der Waals surface area contributed by atoms with Crippen molar-refractivity contribution in [3.63, 3.8) is 0 Å². The first-order valence-corrected chi connectivity index (χ1v) is 6.28. The Bertz CT molecular complexity index is 622. The summed E-state index contributed by atoms with van der Waals surface area (Å²) in [6.07, 6.45) is -4.80. The molecule has 0 atom stereocenters. The van der Waals surface area contributed by atoms with Crippen molar-refractivity contribution < 1.29 is 27.4 Å². The summed E-state index contributed by atoms with van der Waals surface area (Å²) in [5.41, 5.74) is -0.0931. The Morgan fingerprint density at radius 3 is 2.50 bits per heavy atom. The summed E-state index contributed by atoms with van der Waals surface area (Å²) >= 11 is 0. The van der Waals surface area contributed by atoms with E-state index < -0.39 is 17.9 Å². The molecular formula is C14H11F3N2O3. The molecule has 0 unspecified atom stereocenters. The molecule has 0 radical (unpaired) electrons. The molecule has 0 spiro atoms. The standard InChI is InChI=1S/C14H11F3N2O3/c15-14(16,17)22-10-3-1-9(2-4-10)13(20)11(7-18)12-8-19-5-6-21-12/h1-4,19H,5-6,8H2. The molecule has 0 aliphatic carbocycles. The van der Waals surface area contributed by atoms with Crippen LogP contribution in [0.3, 0.4) is 0 Å². The largest absolute Gasteiger partial charge is 0.573 e. The van der Waals surface area contributed by atoms with Crippen LogP contribution in [0.25, 0.3) is 0 Å². The summed E-state index contributed by atoms with van der Waals surface area (Å²) in [5.74, 6) is -0.820. The van der Waals surface area contributed by atoms with Crippen molar-refractivity contribution in [2.75, 3.05) is 19.7 Å². The lowest BCUT2D eigenvalue weighted by Gasteiger charge is -2.18. The topological polar surface area (TPSA) is 71.4 Å². The number of hydrogen-bond donors (Lipinski definition) is 1. The summed E-state index contributed by atoms with van der Waals surface area (Å²) < 4.78 is 45.2. The Hall–Kier alpha value is -2.53. The number of Topliss-reactive ketones (excluding diaryl/α,β-unsaturated/α-hetero) is 1. The molecule has 2 rings (SSSR count). The number of carbonyl (C=O) groups excluding carboxylic acids is 1. The molecule has 1 heterocycles. The highest BCUT2D eigenvalue weighted by Crippen LogP contribution is 2.23. The smallest absolute Gasteiger partial charge is 0.494 e. The van der Waals surface area contributed by atoms with Gasteiger partial charge in [0, 0.05) is 12.1 Å². The third-order valence-electron chi connectivity index (χ3n) is 2.81. The van der Waals surface area contributed by atoms with Gasteiger partial charge in [0.1, 0.15) is 29.8 Å². The maximum Gasteiger partial charge on any atom is 0.573 e. The van der Waals surface area contributed by atoms with Gasteiger partial charge < -0.3 is 14.8 Å². The van der Waals surface area contributed by atoms with Crippen molar-refractivity contribution in [2.24, 2.45) is 0 Å². The Balaban J connectivity index is 2.20. The van der Waals surface area contributed by atoms with E-state index in [0.717, 1.165) is 24.3 Å². The van der Waals surface area contributed by atoms with Crippen LogP contribution in [0.1, 0.15) is 10.4 Å². The molecule has 5 nitrogen and oxygen atoms in total. The van der Waals surface area contributed by atoms with E-state index in [1.165, 1.54) is 0 Å². The number of alkyl halides is 3. The summed E-state index contributed by atoms with van der Waals surface area (Å²) in [4.78, 5) is 12.2. The lowest BCUT2D eigenvalue weighted by Crippen LogP contribution is -2.30. The predicted molar refractivity (Wildman–Crippen MR) is 68.9 cm³/mol. The molecule has 1 aromatic carbocycles. The molecular weight excluding hydrogens is 301 g/mol. The number of carbonyl (C=O) groups is 1. The molecule has 0 aromatic heterocycles. The highest BCUT2D eigenvalue weighted by atomic mass is 19.4. The van der Waals surface area contributed by atoms with Crippen molar-refractivity contribution >= 4 is 5.78 Å². The molecule has 1 aromatic rings. The third-order valence-corrected chi connectivity index (χ3v) is 2.81. The molecule has 22 heavy (non-hydrogen) atoms. The van der Waals surface area contributed by atoms with Gasteiger partial charge in [0.05, 0.1) is 6.54 Å². The van der Waals surface area contributed by atoms with E-state index in [-0.39, 0.29) is 23.4 Å². The van der Waals surface area contributed by atoms with Crippen LogP contribution in [-0.4, -0.2) is 31.8 Å². The molecule has 1 N–H and O–H groups in total. The van der Waals surface area contributed by atoms with Crippen LogP contribution in [0.2, 0.25) is 0 Å². The second-order valence-electron chi connectivity index (χ2n) is 4.34. The number of ketones is 1. The number of hydrogen-bond acceptors (Lipinski definition) is 5. The Morgan fingerprint density at radius 1 is 1.32 bits per heavy atom. The SMILES string of the molecule is N#CC(C(=O)c1ccc(OC(F)(F)F)cc1)=C1CNCCO1. The number of nitriles is 1. The minimum atomic E-state index is -4.80. The average molecular weight is 312 g/mol. The maximum absolute atomic E-state index is 12.2. The van der Waals surface area contributed by atoms with Crippen LogP contribution >= 0.6 is 0 Å². The van der Waals surface area contributed by atoms with E-state index in [4.69, 9.17) is 10.00 Å². The van der Waals surface area contributed by atoms with E-state index in [1.54, 1.807) is 6.07 Å². The molecule has 1 aliphatic heterocycles. The first-order chi connectivity index (χ1) is 10.4. The van der Waals surface area contributed by atoms with Gasteiger partial charge in [-0.1, -0.05) is 0 Å². The number of morpholine rings is 1. The average Bonchev–Trinajstić information content (AvgIpc) is 2.48. The minimum Gasteiger partial charge on any atom is -0.494 e. The number of ether oxygens (including phenoxy) is 2. The van der Waals surface area contributed by atoms with E-state index in [1.807, 2.05) is 0 Å². The van der Waals surface area contributed by atoms with Gasteiger partial charge in [-0.05, 0) is 24.3 Å². The lowest BCUT2D eigenvalue weighted by atomic mass is 10.0. The Labute approximate surface area is 123 Å².